The molecule has 10 heteroatoms. The van der Waals surface area contributed by atoms with Crippen LogP contribution in [0.2, 0.25) is 0 Å². The number of Topliss-reactive ketones (excluding diaryl/α,β-unsaturated/α-hetero) is 1. The summed E-state index contributed by atoms with van der Waals surface area (Å²) < 4.78 is 43.9. The highest BCUT2D eigenvalue weighted by Crippen LogP contribution is 2.19. The molecule has 0 fully saturated rings. The fourth-order valence-electron chi connectivity index (χ4n) is 2.26. The van der Waals surface area contributed by atoms with Crippen LogP contribution in [0.1, 0.15) is 27.6 Å². The molecule has 0 aliphatic rings. The van der Waals surface area contributed by atoms with Gasteiger partial charge in [-0.1, -0.05) is 12.1 Å². The van der Waals surface area contributed by atoms with Crippen LogP contribution in [0.5, 0.6) is 0 Å². The molecule has 8 nitrogen and oxygen atoms in total. The van der Waals surface area contributed by atoms with Gasteiger partial charge < -0.3 is 10.1 Å². The molecule has 0 unspecified atom stereocenters. The van der Waals surface area contributed by atoms with E-state index in [1.54, 1.807) is 0 Å². The number of esters is 1. The van der Waals surface area contributed by atoms with E-state index in [0.717, 1.165) is 18.4 Å². The fraction of sp³-hybridized carbons (Fsp3) is 0.167. The quantitative estimate of drug-likeness (QED) is 0.536. The second-order valence-electron chi connectivity index (χ2n) is 5.79. The zero-order valence-electron chi connectivity index (χ0n) is 15.0. The number of hydrogen-bond donors (Lipinski definition) is 2. The van der Waals surface area contributed by atoms with Crippen LogP contribution in [0, 0.1) is 5.82 Å². The maximum absolute atomic E-state index is 14.1. The molecule has 0 saturated heterocycles. The molecule has 2 aromatic rings. The Balaban J connectivity index is 2.09. The number of benzene rings is 2. The lowest BCUT2D eigenvalue weighted by molar-refractivity contribution is -0.114. The van der Waals surface area contributed by atoms with E-state index in [4.69, 9.17) is 4.74 Å². The minimum atomic E-state index is -3.63. The average Bonchev–Trinajstić information content (AvgIpc) is 2.58. The van der Waals surface area contributed by atoms with Gasteiger partial charge in [0, 0.05) is 12.6 Å². The largest absolute Gasteiger partial charge is 0.454 e. The normalized spacial score (nSPS) is 10.8. The summed E-state index contributed by atoms with van der Waals surface area (Å²) in [6.45, 7) is 0.509. The number of ketones is 1. The Morgan fingerprint density at radius 1 is 1.07 bits per heavy atom. The van der Waals surface area contributed by atoms with E-state index in [1.807, 2.05) is 0 Å². The van der Waals surface area contributed by atoms with Crippen LogP contribution in [0.3, 0.4) is 0 Å². The number of amides is 1. The molecule has 2 N–H and O–H groups in total. The summed E-state index contributed by atoms with van der Waals surface area (Å²) in [4.78, 5) is 35.3. The van der Waals surface area contributed by atoms with Crippen molar-refractivity contribution in [3.05, 3.63) is 59.4 Å². The highest BCUT2D eigenvalue weighted by molar-refractivity contribution is 7.92. The third-order valence-corrected chi connectivity index (χ3v) is 3.96. The van der Waals surface area contributed by atoms with Crippen molar-refractivity contribution < 1.29 is 31.9 Å². The summed E-state index contributed by atoms with van der Waals surface area (Å²) in [7, 11) is -3.63. The Morgan fingerprint density at radius 2 is 1.75 bits per heavy atom. The smallest absolute Gasteiger partial charge is 0.340 e. The van der Waals surface area contributed by atoms with E-state index in [1.165, 1.54) is 37.3 Å². The molecule has 0 saturated carbocycles. The van der Waals surface area contributed by atoms with Crippen LogP contribution in [0.15, 0.2) is 42.5 Å². The second kappa shape index (κ2) is 8.61. The van der Waals surface area contributed by atoms with Crippen molar-refractivity contribution in [3.63, 3.8) is 0 Å². The van der Waals surface area contributed by atoms with Crippen LogP contribution in [-0.4, -0.2) is 38.9 Å². The Labute approximate surface area is 160 Å². The maximum Gasteiger partial charge on any atom is 0.340 e. The second-order valence-corrected chi connectivity index (χ2v) is 7.54. The molecule has 2 rings (SSSR count). The number of sulfonamides is 1. The van der Waals surface area contributed by atoms with E-state index in [2.05, 4.69) is 10.0 Å². The summed E-state index contributed by atoms with van der Waals surface area (Å²) in [6.07, 6.45) is 0.923. The standard InChI is InChI=1S/C18H17FN2O6S/c1-11(22)20-12-7-8-13(15(19)9-12)17(23)10-27-18(24)14-5-3-4-6-16(14)21-28(2,25)26/h3-9,21H,10H2,1-2H3,(H,20,22). The number of ether oxygens (including phenoxy) is 1. The Kier molecular flexibility index (Phi) is 6.47. The van der Waals surface area contributed by atoms with Crippen molar-refractivity contribution in [3.8, 4) is 0 Å². The molecule has 0 radical (unpaired) electrons. The molecule has 28 heavy (non-hydrogen) atoms. The predicted octanol–water partition coefficient (Wildman–Crippen LogP) is 2.20. The first kappa shape index (κ1) is 21.0. The van der Waals surface area contributed by atoms with Crippen molar-refractivity contribution in [1.82, 2.24) is 0 Å². The maximum atomic E-state index is 14.1. The zero-order chi connectivity index (χ0) is 20.9. The number of carbonyl (C=O) groups is 3. The van der Waals surface area contributed by atoms with Gasteiger partial charge in [0.15, 0.2) is 6.61 Å². The molecular weight excluding hydrogens is 391 g/mol. The highest BCUT2D eigenvalue weighted by Gasteiger charge is 2.18. The van der Waals surface area contributed by atoms with Crippen LogP contribution >= 0.6 is 0 Å². The topological polar surface area (TPSA) is 119 Å². The SMILES string of the molecule is CC(=O)Nc1ccc(C(=O)COC(=O)c2ccccc2NS(C)(=O)=O)c(F)c1. The first-order chi connectivity index (χ1) is 13.1. The Bertz CT molecular complexity index is 1040. The lowest BCUT2D eigenvalue weighted by Gasteiger charge is -2.10. The van der Waals surface area contributed by atoms with Crippen molar-refractivity contribution in [1.29, 1.82) is 0 Å². The van der Waals surface area contributed by atoms with Crippen molar-refractivity contribution in [2.24, 2.45) is 0 Å². The molecule has 0 atom stereocenters. The summed E-state index contributed by atoms with van der Waals surface area (Å²) in [5.41, 5.74) is -0.237. The molecule has 0 aliphatic heterocycles. The first-order valence-electron chi connectivity index (χ1n) is 7.91. The summed E-state index contributed by atoms with van der Waals surface area (Å²) in [5, 5.41) is 2.38. The molecule has 0 aromatic heterocycles. The predicted molar refractivity (Wildman–Crippen MR) is 100 cm³/mol. The van der Waals surface area contributed by atoms with E-state index in [9.17, 15) is 27.2 Å². The van der Waals surface area contributed by atoms with Gasteiger partial charge in [-0.15, -0.1) is 0 Å². The molecular formula is C18H17FN2O6S. The summed E-state index contributed by atoms with van der Waals surface area (Å²) in [5.74, 6) is -3.02. The number of halogens is 1. The third kappa shape index (κ3) is 5.88. The number of nitrogens with one attached hydrogen (secondary N) is 2. The summed E-state index contributed by atoms with van der Waals surface area (Å²) in [6, 6.07) is 9.17. The Hall–Kier alpha value is -3.27. The lowest BCUT2D eigenvalue weighted by Crippen LogP contribution is -2.18. The van der Waals surface area contributed by atoms with Gasteiger partial charge in [-0.2, -0.15) is 0 Å². The molecule has 0 heterocycles. The van der Waals surface area contributed by atoms with E-state index in [0.29, 0.717) is 0 Å². The monoisotopic (exact) mass is 408 g/mol. The van der Waals surface area contributed by atoms with Gasteiger partial charge in [-0.25, -0.2) is 17.6 Å². The minimum absolute atomic E-state index is 0.00621. The van der Waals surface area contributed by atoms with Gasteiger partial charge in [0.05, 0.1) is 23.1 Å². The molecule has 0 aliphatic carbocycles. The molecule has 148 valence electrons. The van der Waals surface area contributed by atoms with Crippen LogP contribution < -0.4 is 10.0 Å². The highest BCUT2D eigenvalue weighted by atomic mass is 32.2. The van der Waals surface area contributed by atoms with Gasteiger partial charge in [-0.3, -0.25) is 14.3 Å². The number of anilines is 2. The van der Waals surface area contributed by atoms with Gasteiger partial charge in [0.25, 0.3) is 0 Å². The lowest BCUT2D eigenvalue weighted by atomic mass is 10.1. The van der Waals surface area contributed by atoms with Crippen LogP contribution in [0.4, 0.5) is 15.8 Å². The molecule has 0 spiro atoms. The number of para-hydroxylation sites is 1. The molecule has 1 amide bonds. The average molecular weight is 408 g/mol. The fourth-order valence-corrected chi connectivity index (χ4v) is 2.84. The number of carbonyl (C=O) groups excluding carboxylic acids is 3. The first-order valence-corrected chi connectivity index (χ1v) is 9.80. The number of rotatable bonds is 7. The molecule has 2 aromatic carbocycles. The van der Waals surface area contributed by atoms with Gasteiger partial charge in [-0.05, 0) is 30.3 Å². The van der Waals surface area contributed by atoms with Crippen molar-refractivity contribution >= 4 is 39.1 Å². The Morgan fingerprint density at radius 3 is 2.36 bits per heavy atom. The minimum Gasteiger partial charge on any atom is -0.454 e. The van der Waals surface area contributed by atoms with E-state index in [-0.39, 0.29) is 22.5 Å². The van der Waals surface area contributed by atoms with Gasteiger partial charge in [0.1, 0.15) is 5.82 Å². The van der Waals surface area contributed by atoms with E-state index < -0.39 is 40.1 Å². The van der Waals surface area contributed by atoms with Crippen molar-refractivity contribution in [2.75, 3.05) is 22.9 Å². The number of hydrogen-bond acceptors (Lipinski definition) is 6. The van der Waals surface area contributed by atoms with Gasteiger partial charge in [0.2, 0.25) is 21.7 Å². The third-order valence-electron chi connectivity index (χ3n) is 3.37. The van der Waals surface area contributed by atoms with Crippen LogP contribution in [-0.2, 0) is 19.6 Å². The van der Waals surface area contributed by atoms with Crippen LogP contribution in [0.25, 0.3) is 0 Å². The zero-order valence-corrected chi connectivity index (χ0v) is 15.8. The summed E-state index contributed by atoms with van der Waals surface area (Å²) >= 11 is 0. The molecule has 0 bridgehead atoms. The van der Waals surface area contributed by atoms with Gasteiger partial charge >= 0.3 is 5.97 Å². The van der Waals surface area contributed by atoms with Crippen molar-refractivity contribution in [2.45, 2.75) is 6.92 Å². The van der Waals surface area contributed by atoms with E-state index >= 15 is 0 Å².